The van der Waals surface area contributed by atoms with Crippen molar-refractivity contribution in [2.75, 3.05) is 47.4 Å². The fourth-order valence-electron chi connectivity index (χ4n) is 2.18. The molecule has 21 heavy (non-hydrogen) atoms. The van der Waals surface area contributed by atoms with Gasteiger partial charge in [0, 0.05) is 19.5 Å². The number of rotatable bonds is 10. The smallest absolute Gasteiger partial charge is 0.185 e. The highest BCUT2D eigenvalue weighted by atomic mass is 16.5. The van der Waals surface area contributed by atoms with Crippen molar-refractivity contribution in [3.05, 3.63) is 11.9 Å². The molecule has 6 nitrogen and oxygen atoms in total. The van der Waals surface area contributed by atoms with Crippen molar-refractivity contribution in [1.82, 2.24) is 19.6 Å². The van der Waals surface area contributed by atoms with Crippen LogP contribution in [0.2, 0.25) is 0 Å². The average molecular weight is 296 g/mol. The summed E-state index contributed by atoms with van der Waals surface area (Å²) in [7, 11) is 5.58. The molecule has 120 valence electrons. The quantitative estimate of drug-likeness (QED) is 0.610. The highest BCUT2D eigenvalue weighted by Gasteiger charge is 2.19. The Morgan fingerprint density at radius 1 is 1.29 bits per heavy atom. The van der Waals surface area contributed by atoms with Gasteiger partial charge in [0.1, 0.15) is 5.69 Å². The first-order chi connectivity index (χ1) is 10.0. The molecule has 0 spiro atoms. The Bertz CT molecular complexity index is 439. The van der Waals surface area contributed by atoms with Crippen molar-refractivity contribution < 1.29 is 9.53 Å². The lowest BCUT2D eigenvalue weighted by Gasteiger charge is -2.17. The van der Waals surface area contributed by atoms with Crippen molar-refractivity contribution in [3.8, 4) is 5.75 Å². The van der Waals surface area contributed by atoms with E-state index in [2.05, 4.69) is 28.7 Å². The third-order valence-electron chi connectivity index (χ3n) is 3.60. The van der Waals surface area contributed by atoms with Gasteiger partial charge in [0.2, 0.25) is 0 Å². The van der Waals surface area contributed by atoms with Crippen molar-refractivity contribution in [3.63, 3.8) is 0 Å². The lowest BCUT2D eigenvalue weighted by molar-refractivity contribution is 0.0952. The van der Waals surface area contributed by atoms with E-state index in [1.165, 1.54) is 0 Å². The van der Waals surface area contributed by atoms with Crippen molar-refractivity contribution in [2.45, 2.75) is 26.8 Å². The lowest BCUT2D eigenvalue weighted by Crippen LogP contribution is -2.27. The third kappa shape index (κ3) is 5.13. The Morgan fingerprint density at radius 2 is 1.95 bits per heavy atom. The second-order valence-electron chi connectivity index (χ2n) is 5.29. The summed E-state index contributed by atoms with van der Waals surface area (Å²) in [4.78, 5) is 16.8. The van der Waals surface area contributed by atoms with E-state index in [0.29, 0.717) is 24.4 Å². The van der Waals surface area contributed by atoms with Gasteiger partial charge < -0.3 is 14.5 Å². The van der Waals surface area contributed by atoms with Crippen LogP contribution in [0.4, 0.5) is 0 Å². The molecule has 1 aromatic heterocycles. The van der Waals surface area contributed by atoms with E-state index in [9.17, 15) is 4.79 Å². The van der Waals surface area contributed by atoms with Gasteiger partial charge in [-0.3, -0.25) is 9.48 Å². The summed E-state index contributed by atoms with van der Waals surface area (Å²) in [5, 5.41) is 4.28. The zero-order valence-electron chi connectivity index (χ0n) is 13.9. The predicted molar refractivity (Wildman–Crippen MR) is 84.1 cm³/mol. The van der Waals surface area contributed by atoms with Crippen LogP contribution in [0.3, 0.4) is 0 Å². The molecule has 0 bridgehead atoms. The molecule has 6 heteroatoms. The first kappa shape index (κ1) is 17.7. The number of aromatic nitrogens is 2. The van der Waals surface area contributed by atoms with E-state index in [1.807, 2.05) is 14.1 Å². The average Bonchev–Trinajstić information content (AvgIpc) is 2.88. The van der Waals surface area contributed by atoms with Crippen LogP contribution < -0.4 is 4.74 Å². The fraction of sp³-hybridized carbons (Fsp3) is 0.733. The second kappa shape index (κ2) is 8.79. The molecule has 0 fully saturated rings. The lowest BCUT2D eigenvalue weighted by atomic mass is 10.2. The summed E-state index contributed by atoms with van der Waals surface area (Å²) in [6.45, 7) is 8.42. The summed E-state index contributed by atoms with van der Waals surface area (Å²) in [6.07, 6.45) is 2.12. The molecular formula is C15H28N4O2. The zero-order valence-corrected chi connectivity index (χ0v) is 13.9. The molecular weight excluding hydrogens is 268 g/mol. The van der Waals surface area contributed by atoms with E-state index in [4.69, 9.17) is 4.74 Å². The molecule has 0 aromatic carbocycles. The van der Waals surface area contributed by atoms with Crippen LogP contribution in [-0.2, 0) is 6.54 Å². The molecule has 0 saturated heterocycles. The highest BCUT2D eigenvalue weighted by Crippen LogP contribution is 2.19. The maximum Gasteiger partial charge on any atom is 0.185 e. The maximum atomic E-state index is 12.5. The number of hydrogen-bond donors (Lipinski definition) is 0. The van der Waals surface area contributed by atoms with Gasteiger partial charge in [-0.1, -0.05) is 13.8 Å². The largest absolute Gasteiger partial charge is 0.493 e. The minimum Gasteiger partial charge on any atom is -0.493 e. The van der Waals surface area contributed by atoms with Crippen LogP contribution in [0.25, 0.3) is 0 Å². The Hall–Kier alpha value is -1.40. The van der Waals surface area contributed by atoms with Gasteiger partial charge in [0.15, 0.2) is 11.5 Å². The zero-order chi connectivity index (χ0) is 15.8. The molecule has 0 unspecified atom stereocenters. The maximum absolute atomic E-state index is 12.5. The Balaban J connectivity index is 2.78. The molecule has 0 aliphatic heterocycles. The van der Waals surface area contributed by atoms with Crippen LogP contribution in [-0.4, -0.2) is 72.7 Å². The number of ether oxygens (including phenoxy) is 1. The summed E-state index contributed by atoms with van der Waals surface area (Å²) >= 11 is 0. The normalized spacial score (nSPS) is 11.4. The third-order valence-corrected chi connectivity index (χ3v) is 3.60. The minimum atomic E-state index is 0.0926. The number of likely N-dealkylation sites (N-methyl/N-ethyl adjacent to an activating group) is 1. The number of hydrogen-bond acceptors (Lipinski definition) is 5. The van der Waals surface area contributed by atoms with E-state index in [-0.39, 0.29) is 5.78 Å². The van der Waals surface area contributed by atoms with Gasteiger partial charge in [-0.15, -0.1) is 0 Å². The highest BCUT2D eigenvalue weighted by molar-refractivity contribution is 5.97. The topological polar surface area (TPSA) is 50.6 Å². The number of Topliss-reactive ketones (excluding diaryl/α,β-unsaturated/α-hetero) is 1. The van der Waals surface area contributed by atoms with Crippen LogP contribution in [0.15, 0.2) is 6.20 Å². The standard InChI is InChI=1S/C15H28N4O2/c1-6-18(7-2)9-8-13(20)15-14(21-5)12-16-19(15)11-10-17(3)4/h12H,6-11H2,1-5H3. The summed E-state index contributed by atoms with van der Waals surface area (Å²) < 4.78 is 7.04. The Kier molecular flexibility index (Phi) is 7.39. The SMILES string of the molecule is CCN(CC)CCC(=O)c1c(OC)cnn1CCN(C)C. The number of ketones is 1. The Labute approximate surface area is 127 Å². The van der Waals surface area contributed by atoms with E-state index in [0.717, 1.165) is 26.2 Å². The molecule has 1 rings (SSSR count). The molecule has 0 amide bonds. The molecule has 0 atom stereocenters. The van der Waals surface area contributed by atoms with Gasteiger partial charge in [-0.25, -0.2) is 0 Å². The van der Waals surface area contributed by atoms with Crippen molar-refractivity contribution in [2.24, 2.45) is 0 Å². The van der Waals surface area contributed by atoms with Gasteiger partial charge in [-0.05, 0) is 27.2 Å². The molecule has 1 aromatic rings. The van der Waals surface area contributed by atoms with Crippen molar-refractivity contribution >= 4 is 5.78 Å². The first-order valence-electron chi connectivity index (χ1n) is 7.53. The van der Waals surface area contributed by atoms with Gasteiger partial charge in [-0.2, -0.15) is 5.10 Å². The number of carbonyl (C=O) groups is 1. The van der Waals surface area contributed by atoms with Crippen LogP contribution in [0.1, 0.15) is 30.8 Å². The van der Waals surface area contributed by atoms with Crippen LogP contribution in [0.5, 0.6) is 5.75 Å². The first-order valence-corrected chi connectivity index (χ1v) is 7.53. The molecule has 0 aliphatic carbocycles. The monoisotopic (exact) mass is 296 g/mol. The summed E-state index contributed by atoms with van der Waals surface area (Å²) in [6, 6.07) is 0. The Morgan fingerprint density at radius 3 is 2.48 bits per heavy atom. The molecule has 0 aliphatic rings. The summed E-state index contributed by atoms with van der Waals surface area (Å²) in [5.74, 6) is 0.660. The number of nitrogens with zero attached hydrogens (tertiary/aromatic N) is 4. The fourth-order valence-corrected chi connectivity index (χ4v) is 2.18. The van der Waals surface area contributed by atoms with Gasteiger partial charge in [0.25, 0.3) is 0 Å². The molecule has 0 saturated carbocycles. The van der Waals surface area contributed by atoms with E-state index < -0.39 is 0 Å². The second-order valence-corrected chi connectivity index (χ2v) is 5.29. The van der Waals surface area contributed by atoms with Crippen LogP contribution >= 0.6 is 0 Å². The minimum absolute atomic E-state index is 0.0926. The predicted octanol–water partition coefficient (Wildman–Crippen LogP) is 1.37. The van der Waals surface area contributed by atoms with E-state index >= 15 is 0 Å². The molecule has 0 N–H and O–H groups in total. The van der Waals surface area contributed by atoms with Crippen molar-refractivity contribution in [1.29, 1.82) is 0 Å². The number of methoxy groups -OCH3 is 1. The van der Waals surface area contributed by atoms with Crippen LogP contribution in [0, 0.1) is 0 Å². The number of carbonyl (C=O) groups excluding carboxylic acids is 1. The summed E-state index contributed by atoms with van der Waals surface area (Å²) in [5.41, 5.74) is 0.589. The molecule has 1 heterocycles. The van der Waals surface area contributed by atoms with E-state index in [1.54, 1.807) is 18.0 Å². The molecule has 0 radical (unpaired) electrons. The van der Waals surface area contributed by atoms with Gasteiger partial charge in [0.05, 0.1) is 19.9 Å². The van der Waals surface area contributed by atoms with Gasteiger partial charge >= 0.3 is 0 Å².